The average Bonchev–Trinajstić information content (AvgIpc) is 3.29. The molecule has 1 aliphatic carbocycles. The van der Waals surface area contributed by atoms with E-state index in [2.05, 4.69) is 36.2 Å². The van der Waals surface area contributed by atoms with Crippen LogP contribution in [0.3, 0.4) is 0 Å². The van der Waals surface area contributed by atoms with Gasteiger partial charge in [-0.25, -0.2) is 0 Å². The molecule has 27 heavy (non-hydrogen) atoms. The molecule has 1 saturated heterocycles. The van der Waals surface area contributed by atoms with Gasteiger partial charge in [0.2, 0.25) is 0 Å². The van der Waals surface area contributed by atoms with Crippen molar-refractivity contribution in [1.29, 1.82) is 0 Å². The van der Waals surface area contributed by atoms with Gasteiger partial charge in [0, 0.05) is 31.2 Å². The van der Waals surface area contributed by atoms with Crippen molar-refractivity contribution in [2.45, 2.75) is 89.3 Å². The van der Waals surface area contributed by atoms with Gasteiger partial charge in [-0.05, 0) is 89.8 Å². The van der Waals surface area contributed by atoms with Gasteiger partial charge in [-0.3, -0.25) is 4.68 Å². The van der Waals surface area contributed by atoms with E-state index >= 15 is 0 Å². The predicted molar refractivity (Wildman–Crippen MR) is 109 cm³/mol. The third-order valence-electron chi connectivity index (χ3n) is 7.28. The highest BCUT2D eigenvalue weighted by molar-refractivity contribution is 5.33. The molecule has 5 nitrogen and oxygen atoms in total. The summed E-state index contributed by atoms with van der Waals surface area (Å²) in [6, 6.07) is 0.448. The van der Waals surface area contributed by atoms with Gasteiger partial charge < -0.3 is 15.4 Å². The molecule has 4 rings (SSSR count). The minimum Gasteiger partial charge on any atom is -0.375 e. The lowest BCUT2D eigenvalue weighted by Gasteiger charge is -2.37. The summed E-state index contributed by atoms with van der Waals surface area (Å²) in [5.41, 5.74) is 5.05. The van der Waals surface area contributed by atoms with Gasteiger partial charge in [0.25, 0.3) is 0 Å². The molecule has 1 saturated carbocycles. The van der Waals surface area contributed by atoms with E-state index in [1.807, 2.05) is 7.05 Å². The van der Waals surface area contributed by atoms with Crippen molar-refractivity contribution >= 4 is 0 Å². The molecule has 3 heterocycles. The lowest BCUT2D eigenvalue weighted by atomic mass is 9.66. The summed E-state index contributed by atoms with van der Waals surface area (Å²) in [4.78, 5) is 0. The van der Waals surface area contributed by atoms with Crippen molar-refractivity contribution in [3.8, 4) is 0 Å². The van der Waals surface area contributed by atoms with Crippen LogP contribution in [-0.2, 0) is 24.1 Å². The summed E-state index contributed by atoms with van der Waals surface area (Å²) in [7, 11) is 4.10. The zero-order chi connectivity index (χ0) is 19.1. The Kier molecular flexibility index (Phi) is 5.38. The van der Waals surface area contributed by atoms with E-state index in [-0.39, 0.29) is 5.60 Å². The van der Waals surface area contributed by atoms with Crippen LogP contribution in [-0.4, -0.2) is 48.7 Å². The highest BCUT2D eigenvalue weighted by atomic mass is 16.5. The Bertz CT molecular complexity index is 658. The second-order valence-electron chi connectivity index (χ2n) is 9.88. The van der Waals surface area contributed by atoms with Gasteiger partial charge in [0.1, 0.15) is 0 Å². The lowest BCUT2D eigenvalue weighted by molar-refractivity contribution is 0.0280. The van der Waals surface area contributed by atoms with Crippen LogP contribution in [0.15, 0.2) is 0 Å². The molecule has 0 amide bonds. The fraction of sp³-hybridized carbons (Fsp3) is 0.864. The highest BCUT2D eigenvalue weighted by Crippen LogP contribution is 2.52. The summed E-state index contributed by atoms with van der Waals surface area (Å²) in [5, 5.41) is 11.9. The van der Waals surface area contributed by atoms with Gasteiger partial charge in [-0.2, -0.15) is 5.10 Å². The molecule has 1 aromatic heterocycles. The third kappa shape index (κ3) is 3.83. The van der Waals surface area contributed by atoms with E-state index in [0.717, 1.165) is 26.1 Å². The molecule has 3 aliphatic rings. The second-order valence-corrected chi connectivity index (χ2v) is 9.88. The van der Waals surface area contributed by atoms with E-state index in [4.69, 9.17) is 9.84 Å². The summed E-state index contributed by atoms with van der Waals surface area (Å²) >= 11 is 0. The van der Waals surface area contributed by atoms with Crippen LogP contribution in [0.25, 0.3) is 0 Å². The Hall–Kier alpha value is -0.910. The second kappa shape index (κ2) is 7.49. The van der Waals surface area contributed by atoms with E-state index in [9.17, 15) is 0 Å². The molecule has 2 N–H and O–H groups in total. The van der Waals surface area contributed by atoms with Crippen LogP contribution in [0.5, 0.6) is 0 Å². The van der Waals surface area contributed by atoms with Crippen LogP contribution in [0.2, 0.25) is 0 Å². The SMILES string of the molecule is CNCC(Cc1nn2c(c1C1CCC3(CC1)COC(C)(C)C3)CCC2)NC. The number of hydrogen-bond acceptors (Lipinski definition) is 4. The maximum Gasteiger partial charge on any atom is 0.0678 e. The molecule has 0 bridgehead atoms. The summed E-state index contributed by atoms with van der Waals surface area (Å²) in [5.74, 6) is 0.697. The molecule has 1 spiro atoms. The number of nitrogens with one attached hydrogen (secondary N) is 2. The Morgan fingerprint density at radius 1 is 1.26 bits per heavy atom. The van der Waals surface area contributed by atoms with E-state index in [1.54, 1.807) is 11.3 Å². The maximum atomic E-state index is 6.12. The minimum absolute atomic E-state index is 0.0735. The van der Waals surface area contributed by atoms with Crippen molar-refractivity contribution in [1.82, 2.24) is 20.4 Å². The normalized spacial score (nSPS) is 30.7. The van der Waals surface area contributed by atoms with Crippen molar-refractivity contribution in [2.75, 3.05) is 27.2 Å². The fourth-order valence-corrected chi connectivity index (χ4v) is 5.98. The highest BCUT2D eigenvalue weighted by Gasteiger charge is 2.46. The molecule has 2 fully saturated rings. The standard InChI is InChI=1S/C22H38N4O/c1-21(2)14-22(15-27-21)9-7-16(8-10-22)20-18(12-17(24-4)13-23-3)25-26-11-5-6-19(20)26/h16-17,23-24H,5-15H2,1-4H3. The van der Waals surface area contributed by atoms with E-state index < -0.39 is 0 Å². The Morgan fingerprint density at radius 3 is 2.67 bits per heavy atom. The lowest BCUT2D eigenvalue weighted by Crippen LogP contribution is -2.37. The molecular formula is C22H38N4O. The van der Waals surface area contributed by atoms with Crippen LogP contribution in [0.1, 0.15) is 75.2 Å². The molecule has 1 atom stereocenters. The monoisotopic (exact) mass is 374 g/mol. The summed E-state index contributed by atoms with van der Waals surface area (Å²) in [6.45, 7) is 7.58. The zero-order valence-electron chi connectivity index (χ0n) is 17.7. The first kappa shape index (κ1) is 19.4. The summed E-state index contributed by atoms with van der Waals surface area (Å²) in [6.07, 6.45) is 9.99. The fourth-order valence-electron chi connectivity index (χ4n) is 5.98. The number of hydrogen-bond donors (Lipinski definition) is 2. The van der Waals surface area contributed by atoms with Crippen molar-refractivity contribution < 1.29 is 4.74 Å². The molecule has 0 radical (unpaired) electrons. The topological polar surface area (TPSA) is 51.1 Å². The number of fused-ring (bicyclic) bond motifs is 1. The maximum absolute atomic E-state index is 6.12. The van der Waals surface area contributed by atoms with Gasteiger partial charge in [-0.15, -0.1) is 0 Å². The number of aryl methyl sites for hydroxylation is 1. The first-order chi connectivity index (χ1) is 13.0. The number of nitrogens with zero attached hydrogens (tertiary/aromatic N) is 2. The molecule has 5 heteroatoms. The van der Waals surface area contributed by atoms with Gasteiger partial charge in [0.15, 0.2) is 0 Å². The van der Waals surface area contributed by atoms with E-state index in [0.29, 0.717) is 17.4 Å². The number of ether oxygens (including phenoxy) is 1. The Balaban J connectivity index is 1.52. The molecule has 1 unspecified atom stereocenters. The van der Waals surface area contributed by atoms with Crippen molar-refractivity contribution in [2.24, 2.45) is 5.41 Å². The molecule has 152 valence electrons. The molecule has 1 aromatic rings. The molecule has 2 aliphatic heterocycles. The van der Waals surface area contributed by atoms with E-state index in [1.165, 1.54) is 50.6 Å². The van der Waals surface area contributed by atoms with Crippen molar-refractivity contribution in [3.63, 3.8) is 0 Å². The zero-order valence-corrected chi connectivity index (χ0v) is 17.7. The predicted octanol–water partition coefficient (Wildman–Crippen LogP) is 3.02. The van der Waals surface area contributed by atoms with Gasteiger partial charge in [-0.1, -0.05) is 0 Å². The van der Waals surface area contributed by atoms with Crippen LogP contribution in [0.4, 0.5) is 0 Å². The Morgan fingerprint density at radius 2 is 2.04 bits per heavy atom. The summed E-state index contributed by atoms with van der Waals surface area (Å²) < 4.78 is 8.44. The molecule has 0 aromatic carbocycles. The number of rotatable bonds is 6. The van der Waals surface area contributed by atoms with Gasteiger partial charge >= 0.3 is 0 Å². The third-order valence-corrected chi connectivity index (χ3v) is 7.28. The van der Waals surface area contributed by atoms with Crippen LogP contribution < -0.4 is 10.6 Å². The Labute approximate surface area is 164 Å². The van der Waals surface area contributed by atoms with Crippen molar-refractivity contribution in [3.05, 3.63) is 17.0 Å². The first-order valence-electron chi connectivity index (χ1n) is 11.0. The largest absolute Gasteiger partial charge is 0.375 e. The number of aromatic nitrogens is 2. The smallest absolute Gasteiger partial charge is 0.0678 e. The quantitative estimate of drug-likeness (QED) is 0.804. The van der Waals surface area contributed by atoms with Crippen LogP contribution >= 0.6 is 0 Å². The first-order valence-corrected chi connectivity index (χ1v) is 11.0. The molecular weight excluding hydrogens is 336 g/mol. The average molecular weight is 375 g/mol. The minimum atomic E-state index is 0.0735. The van der Waals surface area contributed by atoms with Crippen LogP contribution in [0, 0.1) is 5.41 Å². The van der Waals surface area contributed by atoms with Gasteiger partial charge in [0.05, 0.1) is 17.9 Å². The number of likely N-dealkylation sites (N-methyl/N-ethyl adjacent to an activating group) is 2.